The van der Waals surface area contributed by atoms with Gasteiger partial charge in [-0.25, -0.2) is 0 Å². The minimum absolute atomic E-state index is 0.109. The van der Waals surface area contributed by atoms with E-state index < -0.39 is 35.0 Å². The summed E-state index contributed by atoms with van der Waals surface area (Å²) in [7, 11) is 0. The molecular formula is C45H39N3O5. The first-order valence-electron chi connectivity index (χ1n) is 18.4. The van der Waals surface area contributed by atoms with Crippen molar-refractivity contribution < 1.29 is 24.3 Å². The number of allylic oxidation sites excluding steroid dienone is 2. The van der Waals surface area contributed by atoms with Crippen LogP contribution in [0, 0.1) is 30.6 Å². The number of imide groups is 2. The van der Waals surface area contributed by atoms with Gasteiger partial charge >= 0.3 is 0 Å². The highest BCUT2D eigenvalue weighted by Gasteiger charge is 2.70. The molecule has 53 heavy (non-hydrogen) atoms. The number of nitrogens with one attached hydrogen (secondary N) is 1. The van der Waals surface area contributed by atoms with Gasteiger partial charge in [-0.15, -0.1) is 0 Å². The smallest absolute Gasteiger partial charge is 0.260 e. The van der Waals surface area contributed by atoms with Crippen LogP contribution in [0.4, 0.5) is 11.4 Å². The maximum Gasteiger partial charge on any atom is 0.260 e. The van der Waals surface area contributed by atoms with E-state index in [9.17, 15) is 19.5 Å². The molecule has 0 bridgehead atoms. The Kier molecular flexibility index (Phi) is 7.62. The molecule has 0 aromatic heterocycles. The molecule has 2 aliphatic carbocycles. The van der Waals surface area contributed by atoms with E-state index in [2.05, 4.69) is 18.4 Å². The van der Waals surface area contributed by atoms with Gasteiger partial charge in [0.25, 0.3) is 11.8 Å². The molecule has 9 rings (SSSR count). The number of anilines is 2. The standard InChI is InChI=1S/C45H39N3O5/c1-3-27-15-19-30(20-16-27)47-41(50)35-22-21-34-36(39(35)43(47)52)25-37-42(51)48(46-29-17-13-26(2)14-18-29)44(53)45(37,28-9-5-4-6-10-28)40(34)33-23-24-38(49)32-12-8-7-11-31(32)33/h4-21,23-24,35-37,39-40,46,49H,3,22,25H2,1-2H3. The number of benzene rings is 5. The molecular weight excluding hydrogens is 663 g/mol. The number of fused-ring (bicyclic) bond motifs is 5. The Bertz CT molecular complexity index is 2350. The van der Waals surface area contributed by atoms with E-state index in [1.807, 2.05) is 116 Å². The number of aryl methyl sites for hydroxylation is 2. The largest absolute Gasteiger partial charge is 0.507 e. The van der Waals surface area contributed by atoms with Gasteiger partial charge < -0.3 is 5.11 Å². The minimum Gasteiger partial charge on any atom is -0.507 e. The second-order valence-electron chi connectivity index (χ2n) is 14.8. The molecule has 2 heterocycles. The average Bonchev–Trinajstić information content (AvgIpc) is 3.57. The maximum atomic E-state index is 15.5. The Morgan fingerprint density at radius 3 is 2.17 bits per heavy atom. The summed E-state index contributed by atoms with van der Waals surface area (Å²) in [5, 5.41) is 13.6. The van der Waals surface area contributed by atoms with Gasteiger partial charge in [0.1, 0.15) is 5.75 Å². The molecule has 5 aromatic rings. The number of phenols is 1. The van der Waals surface area contributed by atoms with Crippen molar-refractivity contribution in [3.05, 3.63) is 149 Å². The van der Waals surface area contributed by atoms with E-state index in [1.54, 1.807) is 6.07 Å². The minimum atomic E-state index is -1.40. The molecule has 6 atom stereocenters. The van der Waals surface area contributed by atoms with Crippen molar-refractivity contribution in [2.24, 2.45) is 23.7 Å². The quantitative estimate of drug-likeness (QED) is 0.140. The number of carbonyl (C=O) groups is 4. The molecule has 6 unspecified atom stereocenters. The highest BCUT2D eigenvalue weighted by molar-refractivity contribution is 6.22. The van der Waals surface area contributed by atoms with Crippen LogP contribution in [-0.2, 0) is 31.0 Å². The third-order valence-electron chi connectivity index (χ3n) is 12.2. The summed E-state index contributed by atoms with van der Waals surface area (Å²) < 4.78 is 0. The number of hydrogen-bond donors (Lipinski definition) is 2. The summed E-state index contributed by atoms with van der Waals surface area (Å²) in [5.74, 6) is -4.48. The number of aromatic hydroxyl groups is 1. The molecule has 3 fully saturated rings. The molecule has 5 aromatic carbocycles. The molecule has 264 valence electrons. The van der Waals surface area contributed by atoms with Gasteiger partial charge in [-0.3, -0.25) is 29.5 Å². The van der Waals surface area contributed by atoms with Crippen LogP contribution in [0.1, 0.15) is 47.9 Å². The van der Waals surface area contributed by atoms with Crippen molar-refractivity contribution in [1.29, 1.82) is 0 Å². The first-order valence-corrected chi connectivity index (χ1v) is 18.4. The fourth-order valence-electron chi connectivity index (χ4n) is 9.79. The van der Waals surface area contributed by atoms with Crippen molar-refractivity contribution in [3.63, 3.8) is 0 Å². The Morgan fingerprint density at radius 2 is 1.45 bits per heavy atom. The number of hydrogen-bond acceptors (Lipinski definition) is 6. The van der Waals surface area contributed by atoms with Crippen molar-refractivity contribution in [1.82, 2.24) is 5.01 Å². The zero-order valence-corrected chi connectivity index (χ0v) is 29.5. The first-order chi connectivity index (χ1) is 25.7. The summed E-state index contributed by atoms with van der Waals surface area (Å²) in [6.45, 7) is 4.03. The van der Waals surface area contributed by atoms with Crippen LogP contribution in [-0.4, -0.2) is 33.7 Å². The first kappa shape index (κ1) is 32.9. The number of rotatable bonds is 6. The molecule has 2 N–H and O–H groups in total. The summed E-state index contributed by atoms with van der Waals surface area (Å²) >= 11 is 0. The zero-order chi connectivity index (χ0) is 36.6. The van der Waals surface area contributed by atoms with Gasteiger partial charge in [-0.05, 0) is 84.5 Å². The predicted molar refractivity (Wildman–Crippen MR) is 203 cm³/mol. The molecule has 1 saturated carbocycles. The normalized spacial score (nSPS) is 26.4. The predicted octanol–water partition coefficient (Wildman–Crippen LogP) is 7.61. The molecule has 2 aliphatic heterocycles. The van der Waals surface area contributed by atoms with Crippen molar-refractivity contribution in [2.75, 3.05) is 10.3 Å². The van der Waals surface area contributed by atoms with Gasteiger partial charge in [-0.1, -0.05) is 109 Å². The highest BCUT2D eigenvalue weighted by Crippen LogP contribution is 2.65. The van der Waals surface area contributed by atoms with Crippen molar-refractivity contribution >= 4 is 45.8 Å². The lowest BCUT2D eigenvalue weighted by Crippen LogP contribution is -2.53. The van der Waals surface area contributed by atoms with E-state index in [4.69, 9.17) is 0 Å². The Hall–Kier alpha value is -6.02. The molecule has 4 aliphatic rings. The van der Waals surface area contributed by atoms with Gasteiger partial charge in [0.2, 0.25) is 11.8 Å². The summed E-state index contributed by atoms with van der Waals surface area (Å²) in [4.78, 5) is 60.6. The molecule has 0 radical (unpaired) electrons. The fraction of sp³-hybridized carbons (Fsp3) is 0.244. The number of phenolic OH excluding ortho intramolecular Hbond substituents is 1. The van der Waals surface area contributed by atoms with Crippen molar-refractivity contribution in [2.45, 2.75) is 44.4 Å². The van der Waals surface area contributed by atoms with Crippen LogP contribution >= 0.6 is 0 Å². The second kappa shape index (κ2) is 12.3. The van der Waals surface area contributed by atoms with Gasteiger partial charge in [-0.2, -0.15) is 5.01 Å². The third-order valence-corrected chi connectivity index (χ3v) is 12.2. The van der Waals surface area contributed by atoms with E-state index in [0.29, 0.717) is 28.7 Å². The molecule has 8 heteroatoms. The van der Waals surface area contributed by atoms with Crippen molar-refractivity contribution in [3.8, 4) is 5.75 Å². The van der Waals surface area contributed by atoms with E-state index >= 15 is 4.79 Å². The topological polar surface area (TPSA) is 107 Å². The van der Waals surface area contributed by atoms with Crippen LogP contribution in [0.5, 0.6) is 5.75 Å². The van der Waals surface area contributed by atoms with Crippen LogP contribution in [0.2, 0.25) is 0 Å². The molecule has 4 amide bonds. The Balaban J connectivity index is 1.26. The van der Waals surface area contributed by atoms with Crippen LogP contribution < -0.4 is 10.3 Å². The lowest BCUT2D eigenvalue weighted by atomic mass is 9.49. The lowest BCUT2D eigenvalue weighted by Gasteiger charge is -2.51. The third kappa shape index (κ3) is 4.74. The van der Waals surface area contributed by atoms with E-state index in [1.165, 1.54) is 9.91 Å². The summed E-state index contributed by atoms with van der Waals surface area (Å²) in [5.41, 5.74) is 7.42. The lowest BCUT2D eigenvalue weighted by molar-refractivity contribution is -0.138. The second-order valence-corrected chi connectivity index (χ2v) is 14.8. The number of amides is 4. The van der Waals surface area contributed by atoms with E-state index in [0.717, 1.165) is 34.1 Å². The number of hydrazine groups is 1. The van der Waals surface area contributed by atoms with Gasteiger partial charge in [0.05, 0.1) is 34.5 Å². The SMILES string of the molecule is CCc1ccc(N2C(=O)C3CC=C4C(CC5C(=O)N(Nc6ccc(C)cc6)C(=O)C5(c5ccccc5)C4c4ccc(O)c5ccccc45)C3C2=O)cc1. The van der Waals surface area contributed by atoms with Crippen LogP contribution in [0.3, 0.4) is 0 Å². The monoisotopic (exact) mass is 701 g/mol. The average molecular weight is 702 g/mol. The Labute approximate surface area is 307 Å². The molecule has 8 nitrogen and oxygen atoms in total. The molecule has 2 saturated heterocycles. The number of carbonyl (C=O) groups excluding carboxylic acids is 4. The highest BCUT2D eigenvalue weighted by atomic mass is 16.3. The van der Waals surface area contributed by atoms with Crippen LogP contribution in [0.15, 0.2) is 127 Å². The fourth-order valence-corrected chi connectivity index (χ4v) is 9.79. The van der Waals surface area contributed by atoms with E-state index in [-0.39, 0.29) is 35.8 Å². The number of nitrogens with zero attached hydrogens (tertiary/aromatic N) is 2. The van der Waals surface area contributed by atoms with Crippen LogP contribution in [0.25, 0.3) is 10.8 Å². The summed E-state index contributed by atoms with van der Waals surface area (Å²) in [6, 6.07) is 35.6. The summed E-state index contributed by atoms with van der Waals surface area (Å²) in [6.07, 6.45) is 3.46. The van der Waals surface area contributed by atoms with Gasteiger partial charge in [0, 0.05) is 11.3 Å². The van der Waals surface area contributed by atoms with Gasteiger partial charge in [0.15, 0.2) is 0 Å². The Morgan fingerprint density at radius 1 is 0.755 bits per heavy atom. The molecule has 0 spiro atoms. The maximum absolute atomic E-state index is 15.5. The zero-order valence-electron chi connectivity index (χ0n) is 29.5.